The maximum atomic E-state index is 12.9. The van der Waals surface area contributed by atoms with Crippen molar-refractivity contribution < 1.29 is 9.59 Å². The van der Waals surface area contributed by atoms with Crippen molar-refractivity contribution in [3.63, 3.8) is 0 Å². The lowest BCUT2D eigenvalue weighted by atomic mass is 10.1. The second-order valence-electron chi connectivity index (χ2n) is 7.35. The molecule has 3 rings (SSSR count). The quantitative estimate of drug-likeness (QED) is 0.663. The van der Waals surface area contributed by atoms with E-state index < -0.39 is 0 Å². The summed E-state index contributed by atoms with van der Waals surface area (Å²) < 4.78 is 0. The van der Waals surface area contributed by atoms with Crippen LogP contribution in [0.5, 0.6) is 0 Å². The lowest BCUT2D eigenvalue weighted by molar-refractivity contribution is -0.135. The minimum Gasteiger partial charge on any atom is -0.356 e. The first-order valence-corrected chi connectivity index (χ1v) is 9.92. The predicted octanol–water partition coefficient (Wildman–Crippen LogP) is 2.28. The molecule has 0 aromatic carbocycles. The Bertz CT molecular complexity index is 587. The molecular weight excluding hydrogens is 364 g/mol. The second-order valence-corrected chi connectivity index (χ2v) is 7.35. The normalized spacial score (nSPS) is 19.5. The zero-order valence-electron chi connectivity index (χ0n) is 15.9. The summed E-state index contributed by atoms with van der Waals surface area (Å²) in [5.41, 5.74) is 0.931. The number of hydrogen-bond donors (Lipinski definition) is 2. The highest BCUT2D eigenvalue weighted by Crippen LogP contribution is 2.28. The number of carbonyl (C=O) groups excluding carboxylic acids is 2. The van der Waals surface area contributed by atoms with E-state index in [1.807, 2.05) is 23.1 Å². The molecule has 0 radical (unpaired) electrons. The van der Waals surface area contributed by atoms with Crippen LogP contribution in [-0.2, 0) is 16.1 Å². The van der Waals surface area contributed by atoms with Crippen LogP contribution in [0, 0.1) is 5.92 Å². The molecule has 1 unspecified atom stereocenters. The molecule has 2 aliphatic rings. The molecule has 2 fully saturated rings. The van der Waals surface area contributed by atoms with E-state index in [1.165, 1.54) is 0 Å². The molecule has 1 aliphatic heterocycles. The van der Waals surface area contributed by atoms with Gasteiger partial charge < -0.3 is 15.5 Å². The minimum atomic E-state index is 0. The molecule has 1 aromatic heterocycles. The van der Waals surface area contributed by atoms with Crippen molar-refractivity contribution in [2.75, 3.05) is 19.6 Å². The smallest absolute Gasteiger partial charge is 0.223 e. The molecule has 0 bridgehead atoms. The fraction of sp³-hybridized carbons (Fsp3) is 0.650. The molecule has 2 amide bonds. The van der Waals surface area contributed by atoms with Gasteiger partial charge in [0.1, 0.15) is 0 Å². The van der Waals surface area contributed by atoms with E-state index in [1.54, 1.807) is 6.20 Å². The molecule has 1 saturated heterocycles. The number of pyridine rings is 1. The van der Waals surface area contributed by atoms with Crippen LogP contribution in [0.4, 0.5) is 0 Å². The van der Waals surface area contributed by atoms with Crippen LogP contribution in [0.25, 0.3) is 0 Å². The van der Waals surface area contributed by atoms with E-state index in [0.717, 1.165) is 50.9 Å². The van der Waals surface area contributed by atoms with Gasteiger partial charge in [0.25, 0.3) is 0 Å². The van der Waals surface area contributed by atoms with Crippen molar-refractivity contribution >= 4 is 24.2 Å². The summed E-state index contributed by atoms with van der Waals surface area (Å²) in [7, 11) is 0. The van der Waals surface area contributed by atoms with Crippen molar-refractivity contribution in [3.05, 3.63) is 30.1 Å². The molecule has 2 heterocycles. The van der Waals surface area contributed by atoms with E-state index >= 15 is 0 Å². The highest BCUT2D eigenvalue weighted by molar-refractivity contribution is 5.85. The third-order valence-corrected chi connectivity index (χ3v) is 5.18. The van der Waals surface area contributed by atoms with Crippen LogP contribution in [-0.4, -0.2) is 47.4 Å². The highest BCUT2D eigenvalue weighted by atomic mass is 35.5. The molecular formula is C20H31ClN4O2. The molecule has 2 N–H and O–H groups in total. The van der Waals surface area contributed by atoms with Crippen molar-refractivity contribution in [2.45, 2.75) is 57.5 Å². The van der Waals surface area contributed by atoms with Crippen LogP contribution < -0.4 is 10.6 Å². The number of aromatic nitrogens is 1. The van der Waals surface area contributed by atoms with Gasteiger partial charge in [-0.1, -0.05) is 6.07 Å². The second kappa shape index (κ2) is 11.2. The Morgan fingerprint density at radius 2 is 2.04 bits per heavy atom. The molecule has 27 heavy (non-hydrogen) atoms. The topological polar surface area (TPSA) is 74.3 Å². The Kier molecular flexibility index (Phi) is 9.01. The largest absolute Gasteiger partial charge is 0.356 e. The molecule has 1 atom stereocenters. The average molecular weight is 395 g/mol. The highest BCUT2D eigenvalue weighted by Gasteiger charge is 2.29. The Hall–Kier alpha value is -1.66. The number of amides is 2. The van der Waals surface area contributed by atoms with Gasteiger partial charge in [-0.25, -0.2) is 0 Å². The van der Waals surface area contributed by atoms with E-state index in [2.05, 4.69) is 15.6 Å². The van der Waals surface area contributed by atoms with Crippen molar-refractivity contribution in [2.24, 2.45) is 5.92 Å². The standard InChI is InChI=1S/C20H30N4O2.ClH/c25-19(7-4-13-23-20(26)16-8-9-16)24(15-17-5-1-2-12-22-17)18-6-3-11-21-14-10-18;/h1-2,5,12,16,18,21H,3-4,6-11,13-15H2,(H,23,26);1H. The van der Waals surface area contributed by atoms with Crippen molar-refractivity contribution in [1.82, 2.24) is 20.5 Å². The third kappa shape index (κ3) is 7.11. The number of nitrogens with one attached hydrogen (secondary N) is 2. The van der Waals surface area contributed by atoms with Gasteiger partial charge in [0.05, 0.1) is 12.2 Å². The number of rotatable bonds is 8. The zero-order valence-corrected chi connectivity index (χ0v) is 16.7. The van der Waals surface area contributed by atoms with Crippen LogP contribution in [0.3, 0.4) is 0 Å². The van der Waals surface area contributed by atoms with Gasteiger partial charge in [-0.05, 0) is 63.7 Å². The van der Waals surface area contributed by atoms with E-state index in [9.17, 15) is 9.59 Å². The number of hydrogen-bond acceptors (Lipinski definition) is 4. The van der Waals surface area contributed by atoms with Gasteiger partial charge in [-0.15, -0.1) is 12.4 Å². The summed E-state index contributed by atoms with van der Waals surface area (Å²) in [6.07, 6.45) is 8.08. The SMILES string of the molecule is Cl.O=C(NCCCC(=O)N(Cc1ccccn1)C1CCCNCC1)C1CC1. The van der Waals surface area contributed by atoms with Gasteiger partial charge in [-0.3, -0.25) is 14.6 Å². The lowest BCUT2D eigenvalue weighted by Gasteiger charge is -2.31. The van der Waals surface area contributed by atoms with Crippen LogP contribution in [0.2, 0.25) is 0 Å². The molecule has 6 nitrogen and oxygen atoms in total. The fourth-order valence-corrected chi connectivity index (χ4v) is 3.48. The first kappa shape index (κ1) is 21.6. The average Bonchev–Trinajstić information content (AvgIpc) is 3.51. The third-order valence-electron chi connectivity index (χ3n) is 5.18. The van der Waals surface area contributed by atoms with Crippen LogP contribution in [0.1, 0.15) is 50.6 Å². The first-order chi connectivity index (χ1) is 12.7. The maximum absolute atomic E-state index is 12.9. The molecule has 1 aromatic rings. The van der Waals surface area contributed by atoms with Crippen LogP contribution in [0.15, 0.2) is 24.4 Å². The minimum absolute atomic E-state index is 0. The van der Waals surface area contributed by atoms with Crippen molar-refractivity contribution in [1.29, 1.82) is 0 Å². The maximum Gasteiger partial charge on any atom is 0.223 e. The fourth-order valence-electron chi connectivity index (χ4n) is 3.48. The van der Waals surface area contributed by atoms with E-state index in [0.29, 0.717) is 25.9 Å². The molecule has 1 aliphatic carbocycles. The van der Waals surface area contributed by atoms with Gasteiger partial charge in [0.15, 0.2) is 0 Å². The Morgan fingerprint density at radius 3 is 2.78 bits per heavy atom. The summed E-state index contributed by atoms with van der Waals surface area (Å²) in [6.45, 7) is 3.13. The zero-order chi connectivity index (χ0) is 18.2. The van der Waals surface area contributed by atoms with E-state index in [4.69, 9.17) is 0 Å². The molecule has 7 heteroatoms. The number of halogens is 1. The van der Waals surface area contributed by atoms with Gasteiger partial charge in [0.2, 0.25) is 11.8 Å². The molecule has 0 spiro atoms. The van der Waals surface area contributed by atoms with Crippen molar-refractivity contribution in [3.8, 4) is 0 Å². The Labute approximate surface area is 167 Å². The summed E-state index contributed by atoms with van der Waals surface area (Å²) >= 11 is 0. The van der Waals surface area contributed by atoms with Gasteiger partial charge >= 0.3 is 0 Å². The number of carbonyl (C=O) groups is 2. The Morgan fingerprint density at radius 1 is 1.19 bits per heavy atom. The number of nitrogens with zero attached hydrogens (tertiary/aromatic N) is 2. The predicted molar refractivity (Wildman–Crippen MR) is 108 cm³/mol. The van der Waals surface area contributed by atoms with Crippen LogP contribution >= 0.6 is 12.4 Å². The Balaban J connectivity index is 0.00000261. The lowest BCUT2D eigenvalue weighted by Crippen LogP contribution is -2.40. The molecule has 150 valence electrons. The monoisotopic (exact) mass is 394 g/mol. The molecule has 1 saturated carbocycles. The first-order valence-electron chi connectivity index (χ1n) is 9.92. The van der Waals surface area contributed by atoms with Gasteiger partial charge in [0, 0.05) is 31.1 Å². The summed E-state index contributed by atoms with van der Waals surface area (Å²) in [6, 6.07) is 6.10. The van der Waals surface area contributed by atoms with Gasteiger partial charge in [-0.2, -0.15) is 0 Å². The summed E-state index contributed by atoms with van der Waals surface area (Å²) in [5.74, 6) is 0.547. The summed E-state index contributed by atoms with van der Waals surface area (Å²) in [5, 5.41) is 6.36. The van der Waals surface area contributed by atoms with E-state index in [-0.39, 0.29) is 36.2 Å². The summed E-state index contributed by atoms with van der Waals surface area (Å²) in [4.78, 5) is 31.0.